The molecule has 0 fully saturated rings. The molecule has 174 valence electrons. The molecule has 4 aromatic rings. The third-order valence-corrected chi connectivity index (χ3v) is 5.13. The van der Waals surface area contributed by atoms with Crippen molar-refractivity contribution in [2.45, 2.75) is 12.6 Å². The predicted octanol–water partition coefficient (Wildman–Crippen LogP) is 5.80. The lowest BCUT2D eigenvalue weighted by Crippen LogP contribution is -2.25. The molecule has 1 aromatic heterocycles. The first kappa shape index (κ1) is 22.9. The van der Waals surface area contributed by atoms with Crippen LogP contribution in [0.2, 0.25) is 0 Å². The van der Waals surface area contributed by atoms with Crippen LogP contribution in [0.5, 0.6) is 0 Å². The molecule has 3 amide bonds. The first-order chi connectivity index (χ1) is 16.3. The van der Waals surface area contributed by atoms with E-state index in [9.17, 15) is 22.8 Å². The number of para-hydroxylation sites is 1. The van der Waals surface area contributed by atoms with Gasteiger partial charge in [-0.2, -0.15) is 13.2 Å². The van der Waals surface area contributed by atoms with Gasteiger partial charge in [-0.25, -0.2) is 4.79 Å². The second kappa shape index (κ2) is 9.70. The van der Waals surface area contributed by atoms with Crippen LogP contribution in [0.25, 0.3) is 10.9 Å². The van der Waals surface area contributed by atoms with Crippen molar-refractivity contribution < 1.29 is 22.8 Å². The monoisotopic (exact) mass is 466 g/mol. The number of carbonyl (C=O) groups excluding carboxylic acids is 2. The fourth-order valence-electron chi connectivity index (χ4n) is 3.43. The molecule has 0 atom stereocenters. The zero-order valence-electron chi connectivity index (χ0n) is 17.9. The van der Waals surface area contributed by atoms with Crippen molar-refractivity contribution in [3.05, 3.63) is 95.7 Å². The zero-order valence-corrected chi connectivity index (χ0v) is 17.9. The Morgan fingerprint density at radius 3 is 2.29 bits per heavy atom. The Morgan fingerprint density at radius 2 is 1.56 bits per heavy atom. The van der Waals surface area contributed by atoms with E-state index in [0.717, 1.165) is 28.6 Å². The van der Waals surface area contributed by atoms with Gasteiger partial charge in [0.1, 0.15) is 5.69 Å². The topological polar surface area (TPSA) is 86.0 Å². The highest BCUT2D eigenvalue weighted by atomic mass is 19.4. The molecule has 6 nitrogen and oxygen atoms in total. The normalized spacial score (nSPS) is 11.3. The zero-order chi connectivity index (χ0) is 24.1. The van der Waals surface area contributed by atoms with Gasteiger partial charge in [0.05, 0.1) is 5.56 Å². The molecule has 34 heavy (non-hydrogen) atoms. The van der Waals surface area contributed by atoms with Gasteiger partial charge in [0.15, 0.2) is 0 Å². The van der Waals surface area contributed by atoms with Crippen molar-refractivity contribution in [2.75, 3.05) is 17.2 Å². The molecule has 0 saturated carbocycles. The number of rotatable bonds is 6. The molecule has 0 spiro atoms. The maximum Gasteiger partial charge on any atom is 0.416 e. The molecule has 9 heteroatoms. The second-order valence-corrected chi connectivity index (χ2v) is 7.63. The minimum absolute atomic E-state index is 0.0367. The first-order valence-electron chi connectivity index (χ1n) is 10.5. The van der Waals surface area contributed by atoms with Crippen molar-refractivity contribution in [1.29, 1.82) is 0 Å². The van der Waals surface area contributed by atoms with Crippen molar-refractivity contribution in [3.8, 4) is 0 Å². The van der Waals surface area contributed by atoms with Gasteiger partial charge in [0, 0.05) is 28.8 Å². The lowest BCUT2D eigenvalue weighted by Gasteiger charge is -2.11. The third kappa shape index (κ3) is 5.74. The maximum absolute atomic E-state index is 12.8. The number of fused-ring (bicyclic) bond motifs is 1. The summed E-state index contributed by atoms with van der Waals surface area (Å²) in [7, 11) is 0. The molecule has 0 saturated heterocycles. The van der Waals surface area contributed by atoms with Gasteiger partial charge in [-0.15, -0.1) is 0 Å². The molecule has 1 heterocycles. The van der Waals surface area contributed by atoms with Crippen molar-refractivity contribution >= 4 is 34.2 Å². The number of hydrogen-bond donors (Lipinski definition) is 4. The van der Waals surface area contributed by atoms with E-state index < -0.39 is 17.8 Å². The summed E-state index contributed by atoms with van der Waals surface area (Å²) in [4.78, 5) is 27.6. The third-order valence-electron chi connectivity index (χ3n) is 5.13. The molecule has 0 aliphatic carbocycles. The Morgan fingerprint density at radius 1 is 0.824 bits per heavy atom. The average molecular weight is 466 g/mol. The Balaban J connectivity index is 1.26. The number of amides is 3. The summed E-state index contributed by atoms with van der Waals surface area (Å²) in [5.74, 6) is -0.194. The lowest BCUT2D eigenvalue weighted by atomic mass is 10.1. The Kier molecular flexibility index (Phi) is 6.53. The largest absolute Gasteiger partial charge is 0.416 e. The van der Waals surface area contributed by atoms with Crippen LogP contribution in [0.3, 0.4) is 0 Å². The van der Waals surface area contributed by atoms with Crippen LogP contribution in [-0.4, -0.2) is 23.5 Å². The number of halogens is 3. The number of aromatic nitrogens is 1. The lowest BCUT2D eigenvalue weighted by molar-refractivity contribution is -0.137. The van der Waals surface area contributed by atoms with E-state index in [1.807, 2.05) is 24.3 Å². The number of benzene rings is 3. The number of nitrogens with one attached hydrogen (secondary N) is 4. The van der Waals surface area contributed by atoms with Gasteiger partial charge in [-0.05, 0) is 54.4 Å². The predicted molar refractivity (Wildman–Crippen MR) is 125 cm³/mol. The van der Waals surface area contributed by atoms with Gasteiger partial charge in [-0.1, -0.05) is 36.4 Å². The molecule has 4 rings (SSSR count). The van der Waals surface area contributed by atoms with E-state index in [1.165, 1.54) is 12.1 Å². The Bertz CT molecular complexity index is 1280. The molecule has 0 aliphatic heterocycles. The SMILES string of the molecule is O=C(Nc1ccc(CCNC(=O)c2cc3ccccc3[nH]2)cc1)Nc1cccc(C(F)(F)F)c1. The number of carbonyl (C=O) groups is 2. The van der Waals surface area contributed by atoms with Crippen LogP contribution < -0.4 is 16.0 Å². The van der Waals surface area contributed by atoms with Crippen LogP contribution in [0.1, 0.15) is 21.6 Å². The van der Waals surface area contributed by atoms with E-state index in [2.05, 4.69) is 20.9 Å². The number of anilines is 2. The van der Waals surface area contributed by atoms with Crippen LogP contribution in [-0.2, 0) is 12.6 Å². The molecule has 4 N–H and O–H groups in total. The smallest absolute Gasteiger partial charge is 0.351 e. The summed E-state index contributed by atoms with van der Waals surface area (Å²) < 4.78 is 38.4. The molecule has 0 bridgehead atoms. The van der Waals surface area contributed by atoms with Gasteiger partial charge >= 0.3 is 12.2 Å². The minimum Gasteiger partial charge on any atom is -0.351 e. The van der Waals surface area contributed by atoms with Gasteiger partial charge in [0.2, 0.25) is 0 Å². The van der Waals surface area contributed by atoms with Gasteiger partial charge in [-0.3, -0.25) is 4.79 Å². The van der Waals surface area contributed by atoms with E-state index in [4.69, 9.17) is 0 Å². The Labute approximate surface area is 193 Å². The second-order valence-electron chi connectivity index (χ2n) is 7.63. The van der Waals surface area contributed by atoms with E-state index in [-0.39, 0.29) is 11.6 Å². The first-order valence-corrected chi connectivity index (χ1v) is 10.5. The Hall–Kier alpha value is -4.27. The average Bonchev–Trinajstić information content (AvgIpc) is 3.24. The molecule has 0 unspecified atom stereocenters. The highest BCUT2D eigenvalue weighted by Crippen LogP contribution is 2.30. The van der Waals surface area contributed by atoms with Crippen molar-refractivity contribution in [1.82, 2.24) is 10.3 Å². The van der Waals surface area contributed by atoms with Crippen molar-refractivity contribution in [2.24, 2.45) is 0 Å². The number of aromatic amines is 1. The fraction of sp³-hybridized carbons (Fsp3) is 0.120. The highest BCUT2D eigenvalue weighted by Gasteiger charge is 2.30. The quantitative estimate of drug-likeness (QED) is 0.289. The fourth-order valence-corrected chi connectivity index (χ4v) is 3.43. The summed E-state index contributed by atoms with van der Waals surface area (Å²) in [6.07, 6.45) is -3.90. The summed E-state index contributed by atoms with van der Waals surface area (Å²) in [6, 6.07) is 20.2. The number of H-pyrrole nitrogens is 1. The molecular formula is C25H21F3N4O2. The van der Waals surface area contributed by atoms with E-state index >= 15 is 0 Å². The molecule has 0 aliphatic rings. The number of alkyl halides is 3. The van der Waals surface area contributed by atoms with Gasteiger partial charge < -0.3 is 20.9 Å². The maximum atomic E-state index is 12.8. The van der Waals surface area contributed by atoms with E-state index in [0.29, 0.717) is 24.3 Å². The summed E-state index contributed by atoms with van der Waals surface area (Å²) >= 11 is 0. The molecular weight excluding hydrogens is 445 g/mol. The van der Waals surface area contributed by atoms with Crippen LogP contribution in [0.4, 0.5) is 29.3 Å². The molecule has 3 aromatic carbocycles. The number of hydrogen-bond acceptors (Lipinski definition) is 2. The number of urea groups is 1. The van der Waals surface area contributed by atoms with Crippen molar-refractivity contribution in [3.63, 3.8) is 0 Å². The standard InChI is InChI=1S/C25H21F3N4O2/c26-25(27,28)18-5-3-6-20(15-18)31-24(34)30-19-10-8-16(9-11-19)12-13-29-23(33)22-14-17-4-1-2-7-21(17)32-22/h1-11,14-15,32H,12-13H2,(H,29,33)(H2,30,31,34). The summed E-state index contributed by atoms with van der Waals surface area (Å²) in [6.45, 7) is 0.428. The van der Waals surface area contributed by atoms with E-state index in [1.54, 1.807) is 30.3 Å². The minimum atomic E-state index is -4.49. The summed E-state index contributed by atoms with van der Waals surface area (Å²) in [5, 5.41) is 8.80. The van der Waals surface area contributed by atoms with Gasteiger partial charge in [0.25, 0.3) is 5.91 Å². The molecule has 0 radical (unpaired) electrons. The van der Waals surface area contributed by atoms with Crippen LogP contribution in [0.15, 0.2) is 78.9 Å². The highest BCUT2D eigenvalue weighted by molar-refractivity contribution is 6.00. The summed E-state index contributed by atoms with van der Waals surface area (Å²) in [5.41, 5.74) is 2.01. The van der Waals surface area contributed by atoms with Crippen LogP contribution in [0, 0.1) is 0 Å². The van der Waals surface area contributed by atoms with Crippen LogP contribution >= 0.6 is 0 Å².